The second-order valence-corrected chi connectivity index (χ2v) is 5.50. The Labute approximate surface area is 114 Å². The topological polar surface area (TPSA) is 60.9 Å². The van der Waals surface area contributed by atoms with E-state index in [1.807, 2.05) is 25.3 Å². The van der Waals surface area contributed by atoms with E-state index in [0.717, 1.165) is 16.4 Å². The molecule has 6 heteroatoms. The molecule has 0 radical (unpaired) electrons. The minimum Gasteiger partial charge on any atom is -0.389 e. The van der Waals surface area contributed by atoms with Gasteiger partial charge in [-0.05, 0) is 26.0 Å². The molecule has 0 aliphatic rings. The van der Waals surface area contributed by atoms with Gasteiger partial charge in [-0.3, -0.25) is 4.79 Å². The number of nitrogens with zero attached hydrogens (tertiary/aromatic N) is 2. The van der Waals surface area contributed by atoms with Gasteiger partial charge in [-0.25, -0.2) is 4.98 Å². The van der Waals surface area contributed by atoms with E-state index in [9.17, 15) is 4.79 Å². The Hall–Kier alpha value is -1.53. The van der Waals surface area contributed by atoms with Crippen molar-refractivity contribution in [3.63, 3.8) is 0 Å². The molecule has 2 rings (SSSR count). The highest BCUT2D eigenvalue weighted by Gasteiger charge is 2.10. The normalized spacial score (nSPS) is 10.6. The summed E-state index contributed by atoms with van der Waals surface area (Å²) in [5, 5.41) is 2.94. The van der Waals surface area contributed by atoms with Gasteiger partial charge >= 0.3 is 0 Å². The highest BCUT2D eigenvalue weighted by molar-refractivity contribution is 7.80. The standard InChI is InChI=1S/C12H13N3OS2/c1-7-3-4-10(11(13)17)12(16)15(7)5-9-6-18-8(2)14-9/h3-4,6H,5H2,1-2H3,(H2,13,17). The van der Waals surface area contributed by atoms with Crippen molar-refractivity contribution in [3.8, 4) is 0 Å². The van der Waals surface area contributed by atoms with Crippen molar-refractivity contribution in [3.05, 3.63) is 49.8 Å². The molecule has 0 aliphatic carbocycles. The largest absolute Gasteiger partial charge is 0.389 e. The molecule has 0 aliphatic heterocycles. The Morgan fingerprint density at radius 3 is 2.78 bits per heavy atom. The Balaban J connectivity index is 2.47. The molecule has 0 aromatic carbocycles. The van der Waals surface area contributed by atoms with Crippen LogP contribution in [0.25, 0.3) is 0 Å². The van der Waals surface area contributed by atoms with Gasteiger partial charge in [0, 0.05) is 11.1 Å². The first-order valence-corrected chi connectivity index (χ1v) is 6.69. The number of thiocarbonyl (C=S) groups is 1. The molecule has 0 bridgehead atoms. The van der Waals surface area contributed by atoms with Crippen LogP contribution in [-0.4, -0.2) is 14.5 Å². The summed E-state index contributed by atoms with van der Waals surface area (Å²) >= 11 is 6.44. The molecule has 2 heterocycles. The molecule has 0 saturated carbocycles. The third kappa shape index (κ3) is 2.49. The van der Waals surface area contributed by atoms with Gasteiger partial charge in [-0.2, -0.15) is 0 Å². The molecule has 0 spiro atoms. The second-order valence-electron chi connectivity index (χ2n) is 4.00. The number of aromatic nitrogens is 2. The fraction of sp³-hybridized carbons (Fsp3) is 0.250. The number of hydrogen-bond acceptors (Lipinski definition) is 4. The molecule has 0 atom stereocenters. The predicted molar refractivity (Wildman–Crippen MR) is 77.3 cm³/mol. The van der Waals surface area contributed by atoms with Crippen LogP contribution in [0.15, 0.2) is 22.3 Å². The minimum atomic E-state index is -0.159. The van der Waals surface area contributed by atoms with Crippen molar-refractivity contribution in [1.29, 1.82) is 0 Å². The maximum absolute atomic E-state index is 12.2. The van der Waals surface area contributed by atoms with Crippen molar-refractivity contribution >= 4 is 28.5 Å². The lowest BCUT2D eigenvalue weighted by atomic mass is 10.2. The number of thiazole rings is 1. The second kappa shape index (κ2) is 4.99. The maximum atomic E-state index is 12.2. The molecular formula is C12H13N3OS2. The van der Waals surface area contributed by atoms with Crippen LogP contribution in [0.5, 0.6) is 0 Å². The smallest absolute Gasteiger partial charge is 0.261 e. The zero-order chi connectivity index (χ0) is 13.3. The average Bonchev–Trinajstić information content (AvgIpc) is 2.69. The zero-order valence-corrected chi connectivity index (χ0v) is 11.8. The Morgan fingerprint density at radius 1 is 1.50 bits per heavy atom. The Morgan fingerprint density at radius 2 is 2.22 bits per heavy atom. The lowest BCUT2D eigenvalue weighted by molar-refractivity contribution is 0.714. The van der Waals surface area contributed by atoms with Crippen molar-refractivity contribution in [2.45, 2.75) is 20.4 Å². The highest BCUT2D eigenvalue weighted by atomic mass is 32.1. The van der Waals surface area contributed by atoms with Crippen LogP contribution in [0.4, 0.5) is 0 Å². The van der Waals surface area contributed by atoms with E-state index in [2.05, 4.69) is 4.98 Å². The van der Waals surface area contributed by atoms with Crippen LogP contribution in [0, 0.1) is 13.8 Å². The molecule has 2 aromatic rings. The maximum Gasteiger partial charge on any atom is 0.261 e. The van der Waals surface area contributed by atoms with E-state index < -0.39 is 0 Å². The summed E-state index contributed by atoms with van der Waals surface area (Å²) in [5.41, 5.74) is 7.50. The third-order valence-electron chi connectivity index (χ3n) is 2.64. The lowest BCUT2D eigenvalue weighted by Gasteiger charge is -2.10. The van der Waals surface area contributed by atoms with Gasteiger partial charge in [0.15, 0.2) is 0 Å². The molecule has 18 heavy (non-hydrogen) atoms. The number of hydrogen-bond donors (Lipinski definition) is 1. The van der Waals surface area contributed by atoms with Crippen molar-refractivity contribution in [1.82, 2.24) is 9.55 Å². The molecule has 0 saturated heterocycles. The molecule has 0 fully saturated rings. The summed E-state index contributed by atoms with van der Waals surface area (Å²) in [6.45, 7) is 4.27. The van der Waals surface area contributed by atoms with E-state index in [4.69, 9.17) is 18.0 Å². The Bertz CT molecular complexity index is 658. The number of pyridine rings is 1. The summed E-state index contributed by atoms with van der Waals surface area (Å²) in [7, 11) is 0. The number of aryl methyl sites for hydroxylation is 2. The van der Waals surface area contributed by atoms with Crippen LogP contribution in [0.2, 0.25) is 0 Å². The third-order valence-corrected chi connectivity index (χ3v) is 3.69. The van der Waals surface area contributed by atoms with Crippen molar-refractivity contribution in [2.75, 3.05) is 0 Å². The average molecular weight is 279 g/mol. The molecule has 2 N–H and O–H groups in total. The Kier molecular flexibility index (Phi) is 3.58. The van der Waals surface area contributed by atoms with Gasteiger partial charge in [0.1, 0.15) is 4.99 Å². The first-order chi connectivity index (χ1) is 8.49. The van der Waals surface area contributed by atoms with Gasteiger partial charge in [-0.1, -0.05) is 12.2 Å². The van der Waals surface area contributed by atoms with Gasteiger partial charge in [0.2, 0.25) is 0 Å². The van der Waals surface area contributed by atoms with Gasteiger partial charge in [0.25, 0.3) is 5.56 Å². The van der Waals surface area contributed by atoms with E-state index >= 15 is 0 Å². The van der Waals surface area contributed by atoms with Crippen molar-refractivity contribution < 1.29 is 0 Å². The van der Waals surface area contributed by atoms with E-state index in [-0.39, 0.29) is 10.5 Å². The molecule has 2 aromatic heterocycles. The number of rotatable bonds is 3. The van der Waals surface area contributed by atoms with Crippen LogP contribution in [-0.2, 0) is 6.54 Å². The van der Waals surface area contributed by atoms with Gasteiger partial charge < -0.3 is 10.3 Å². The van der Waals surface area contributed by atoms with E-state index in [1.165, 1.54) is 0 Å². The quantitative estimate of drug-likeness (QED) is 0.867. The minimum absolute atomic E-state index is 0.128. The molecule has 0 unspecified atom stereocenters. The summed E-state index contributed by atoms with van der Waals surface area (Å²) in [5.74, 6) is 0. The monoisotopic (exact) mass is 279 g/mol. The summed E-state index contributed by atoms with van der Waals surface area (Å²) < 4.78 is 1.64. The number of nitrogens with two attached hydrogens (primary N) is 1. The van der Waals surface area contributed by atoms with Crippen LogP contribution >= 0.6 is 23.6 Å². The molecular weight excluding hydrogens is 266 g/mol. The molecule has 4 nitrogen and oxygen atoms in total. The SMILES string of the molecule is Cc1nc(Cn2c(C)ccc(C(N)=S)c2=O)cs1. The van der Waals surface area contributed by atoms with E-state index in [1.54, 1.807) is 22.0 Å². The molecule has 0 amide bonds. The molecule has 94 valence electrons. The summed E-state index contributed by atoms with van der Waals surface area (Å²) in [6, 6.07) is 3.51. The lowest BCUT2D eigenvalue weighted by Crippen LogP contribution is -2.30. The van der Waals surface area contributed by atoms with Crippen LogP contribution in [0.1, 0.15) is 22.0 Å². The van der Waals surface area contributed by atoms with Crippen molar-refractivity contribution in [2.24, 2.45) is 5.73 Å². The van der Waals surface area contributed by atoms with Crippen LogP contribution in [0.3, 0.4) is 0 Å². The highest BCUT2D eigenvalue weighted by Crippen LogP contribution is 2.10. The zero-order valence-electron chi connectivity index (χ0n) is 10.1. The summed E-state index contributed by atoms with van der Waals surface area (Å²) in [4.78, 5) is 16.7. The van der Waals surface area contributed by atoms with Gasteiger partial charge in [-0.15, -0.1) is 11.3 Å². The summed E-state index contributed by atoms with van der Waals surface area (Å²) in [6.07, 6.45) is 0. The fourth-order valence-electron chi connectivity index (χ4n) is 1.70. The van der Waals surface area contributed by atoms with Crippen LogP contribution < -0.4 is 11.3 Å². The predicted octanol–water partition coefficient (Wildman–Crippen LogP) is 1.60. The fourth-order valence-corrected chi connectivity index (χ4v) is 2.46. The van der Waals surface area contributed by atoms with E-state index in [0.29, 0.717) is 12.1 Å². The first kappa shape index (κ1) is 12.9. The van der Waals surface area contributed by atoms with Gasteiger partial charge in [0.05, 0.1) is 22.8 Å². The first-order valence-electron chi connectivity index (χ1n) is 5.40.